The van der Waals surface area contributed by atoms with E-state index in [-0.39, 0.29) is 30.4 Å². The van der Waals surface area contributed by atoms with Gasteiger partial charge < -0.3 is 14.7 Å². The van der Waals surface area contributed by atoms with E-state index < -0.39 is 6.04 Å². The van der Waals surface area contributed by atoms with Crippen molar-refractivity contribution in [3.63, 3.8) is 0 Å². The largest absolute Gasteiger partial charge is 0.497 e. The van der Waals surface area contributed by atoms with Gasteiger partial charge in [0.15, 0.2) is 0 Å². The third-order valence-electron chi connectivity index (χ3n) is 5.63. The molecule has 0 spiro atoms. The Morgan fingerprint density at radius 2 is 1.74 bits per heavy atom. The molecule has 27 heavy (non-hydrogen) atoms. The standard InChI is InChI=1S/C22H22N2O3/c1-27-18-10-8-15(9-11-18)14-2-4-16(5-3-14)21-19(12-23)24(20(21)13-25)22(26)17-6-7-17/h2-5,8-11,17,19-21,25H,6-7,13H2,1H3/t19-,20-,21-/m1/s1. The quantitative estimate of drug-likeness (QED) is 0.887. The van der Waals surface area contributed by atoms with Crippen molar-refractivity contribution < 1.29 is 14.6 Å². The average Bonchev–Trinajstić information content (AvgIpc) is 3.54. The zero-order valence-corrected chi connectivity index (χ0v) is 15.2. The zero-order chi connectivity index (χ0) is 19.0. The van der Waals surface area contributed by atoms with Gasteiger partial charge >= 0.3 is 0 Å². The molecule has 0 unspecified atom stereocenters. The SMILES string of the molecule is COc1ccc(-c2ccc([C@@H]3[C@@H](C#N)N(C(=O)C4CC4)[C@@H]3CO)cc2)cc1. The fraction of sp³-hybridized carbons (Fsp3) is 0.364. The Morgan fingerprint density at radius 3 is 2.22 bits per heavy atom. The molecule has 1 aliphatic heterocycles. The second-order valence-electron chi connectivity index (χ2n) is 7.22. The maximum absolute atomic E-state index is 12.4. The molecule has 2 fully saturated rings. The minimum absolute atomic E-state index is 0.0201. The summed E-state index contributed by atoms with van der Waals surface area (Å²) in [5, 5.41) is 19.4. The molecule has 1 N–H and O–H groups in total. The molecule has 1 heterocycles. The number of likely N-dealkylation sites (tertiary alicyclic amines) is 1. The van der Waals surface area contributed by atoms with Crippen molar-refractivity contribution in [3.8, 4) is 22.9 Å². The molecule has 4 rings (SSSR count). The van der Waals surface area contributed by atoms with E-state index in [4.69, 9.17) is 4.74 Å². The molecule has 5 nitrogen and oxygen atoms in total. The molecule has 1 aliphatic carbocycles. The number of rotatable bonds is 5. The van der Waals surface area contributed by atoms with Gasteiger partial charge in [-0.2, -0.15) is 5.26 Å². The van der Waals surface area contributed by atoms with Gasteiger partial charge in [0.25, 0.3) is 0 Å². The van der Waals surface area contributed by atoms with Crippen LogP contribution in [0.3, 0.4) is 0 Å². The Labute approximate surface area is 158 Å². The van der Waals surface area contributed by atoms with Gasteiger partial charge in [-0.3, -0.25) is 4.79 Å². The van der Waals surface area contributed by atoms with Crippen molar-refractivity contribution in [2.24, 2.45) is 5.92 Å². The van der Waals surface area contributed by atoms with E-state index in [0.29, 0.717) is 0 Å². The normalized spacial score (nSPS) is 24.0. The van der Waals surface area contributed by atoms with Crippen LogP contribution in [0.25, 0.3) is 11.1 Å². The summed E-state index contributed by atoms with van der Waals surface area (Å²) >= 11 is 0. The molecule has 2 aliphatic rings. The minimum Gasteiger partial charge on any atom is -0.497 e. The molecule has 0 bridgehead atoms. The Balaban J connectivity index is 1.55. The maximum Gasteiger partial charge on any atom is 0.227 e. The Bertz CT molecular complexity index is 866. The fourth-order valence-corrected chi connectivity index (χ4v) is 3.93. The highest BCUT2D eigenvalue weighted by Gasteiger charge is 2.53. The van der Waals surface area contributed by atoms with E-state index >= 15 is 0 Å². The van der Waals surface area contributed by atoms with Crippen LogP contribution >= 0.6 is 0 Å². The van der Waals surface area contributed by atoms with Crippen LogP contribution in [0.15, 0.2) is 48.5 Å². The number of nitriles is 1. The molecule has 138 valence electrons. The number of carbonyl (C=O) groups excluding carboxylic acids is 1. The molecule has 1 saturated carbocycles. The van der Waals surface area contributed by atoms with Gasteiger partial charge in [0.05, 0.1) is 25.8 Å². The molecule has 0 aromatic heterocycles. The molecule has 3 atom stereocenters. The van der Waals surface area contributed by atoms with Crippen LogP contribution in [0.4, 0.5) is 0 Å². The summed E-state index contributed by atoms with van der Waals surface area (Å²) in [6.45, 7) is -0.123. The highest BCUT2D eigenvalue weighted by molar-refractivity contribution is 5.83. The summed E-state index contributed by atoms with van der Waals surface area (Å²) in [6.07, 6.45) is 1.79. The molecular weight excluding hydrogens is 340 g/mol. The molecule has 2 aromatic rings. The van der Waals surface area contributed by atoms with Crippen molar-refractivity contribution in [1.29, 1.82) is 5.26 Å². The number of aliphatic hydroxyl groups excluding tert-OH is 1. The smallest absolute Gasteiger partial charge is 0.227 e. The first kappa shape index (κ1) is 17.6. The number of amides is 1. The van der Waals surface area contributed by atoms with Gasteiger partial charge in [0.2, 0.25) is 5.91 Å². The number of methoxy groups -OCH3 is 1. The van der Waals surface area contributed by atoms with Crippen LogP contribution in [0.5, 0.6) is 5.75 Å². The molecular formula is C22H22N2O3. The molecule has 1 amide bonds. The molecule has 5 heteroatoms. The Hall–Kier alpha value is -2.84. The summed E-state index contributed by atoms with van der Waals surface area (Å²) in [6, 6.07) is 17.3. The van der Waals surface area contributed by atoms with E-state index in [1.54, 1.807) is 12.0 Å². The Morgan fingerprint density at radius 1 is 1.15 bits per heavy atom. The van der Waals surface area contributed by atoms with Crippen LogP contribution in [0.1, 0.15) is 24.3 Å². The summed E-state index contributed by atoms with van der Waals surface area (Å²) in [4.78, 5) is 14.0. The fourth-order valence-electron chi connectivity index (χ4n) is 3.93. The first-order chi connectivity index (χ1) is 13.2. The van der Waals surface area contributed by atoms with Gasteiger partial charge in [0, 0.05) is 11.8 Å². The van der Waals surface area contributed by atoms with Crippen LogP contribution in [-0.4, -0.2) is 41.7 Å². The highest BCUT2D eigenvalue weighted by Crippen LogP contribution is 2.44. The van der Waals surface area contributed by atoms with Crippen molar-refractivity contribution in [2.45, 2.75) is 30.8 Å². The number of hydrogen-bond donors (Lipinski definition) is 1. The van der Waals surface area contributed by atoms with Gasteiger partial charge in [-0.1, -0.05) is 36.4 Å². The zero-order valence-electron chi connectivity index (χ0n) is 15.2. The number of carbonyl (C=O) groups is 1. The third kappa shape index (κ3) is 3.07. The number of aliphatic hydroxyl groups is 1. The van der Waals surface area contributed by atoms with Gasteiger partial charge in [-0.25, -0.2) is 0 Å². The summed E-state index contributed by atoms with van der Waals surface area (Å²) in [5.74, 6) is 0.737. The summed E-state index contributed by atoms with van der Waals surface area (Å²) in [5.41, 5.74) is 3.13. The number of ether oxygens (including phenoxy) is 1. The van der Waals surface area contributed by atoms with Crippen molar-refractivity contribution in [3.05, 3.63) is 54.1 Å². The van der Waals surface area contributed by atoms with E-state index in [1.807, 2.05) is 48.5 Å². The first-order valence-corrected chi connectivity index (χ1v) is 9.25. The van der Waals surface area contributed by atoms with Crippen LogP contribution in [0, 0.1) is 17.2 Å². The van der Waals surface area contributed by atoms with Gasteiger partial charge in [0.1, 0.15) is 11.8 Å². The van der Waals surface area contributed by atoms with Crippen molar-refractivity contribution in [2.75, 3.05) is 13.7 Å². The van der Waals surface area contributed by atoms with Crippen LogP contribution < -0.4 is 4.74 Å². The topological polar surface area (TPSA) is 73.6 Å². The maximum atomic E-state index is 12.4. The summed E-state index contributed by atoms with van der Waals surface area (Å²) < 4.78 is 5.19. The number of hydrogen-bond acceptors (Lipinski definition) is 4. The third-order valence-corrected chi connectivity index (χ3v) is 5.63. The molecule has 2 aromatic carbocycles. The van der Waals surface area contributed by atoms with E-state index in [1.165, 1.54) is 0 Å². The lowest BCUT2D eigenvalue weighted by molar-refractivity contribution is -0.148. The first-order valence-electron chi connectivity index (χ1n) is 9.25. The monoisotopic (exact) mass is 362 g/mol. The van der Waals surface area contributed by atoms with Gasteiger partial charge in [-0.05, 0) is 41.7 Å². The van der Waals surface area contributed by atoms with E-state index in [2.05, 4.69) is 6.07 Å². The van der Waals surface area contributed by atoms with E-state index in [9.17, 15) is 15.2 Å². The number of benzene rings is 2. The average molecular weight is 362 g/mol. The molecule has 1 saturated heterocycles. The van der Waals surface area contributed by atoms with Crippen molar-refractivity contribution >= 4 is 5.91 Å². The summed E-state index contributed by atoms with van der Waals surface area (Å²) in [7, 11) is 1.64. The van der Waals surface area contributed by atoms with Crippen LogP contribution in [-0.2, 0) is 4.79 Å². The second kappa shape index (κ2) is 7.05. The van der Waals surface area contributed by atoms with Crippen LogP contribution in [0.2, 0.25) is 0 Å². The Kier molecular flexibility index (Phi) is 4.59. The predicted octanol–water partition coefficient (Wildman–Crippen LogP) is 2.95. The second-order valence-corrected chi connectivity index (χ2v) is 7.22. The van der Waals surface area contributed by atoms with E-state index in [0.717, 1.165) is 35.3 Å². The highest BCUT2D eigenvalue weighted by atomic mass is 16.5. The lowest BCUT2D eigenvalue weighted by Gasteiger charge is -2.51. The molecule has 0 radical (unpaired) electrons. The van der Waals surface area contributed by atoms with Gasteiger partial charge in [-0.15, -0.1) is 0 Å². The number of nitrogens with zero attached hydrogens (tertiary/aromatic N) is 2. The minimum atomic E-state index is -0.498. The predicted molar refractivity (Wildman–Crippen MR) is 101 cm³/mol. The van der Waals surface area contributed by atoms with Crippen molar-refractivity contribution in [1.82, 2.24) is 4.90 Å². The lowest BCUT2D eigenvalue weighted by atomic mass is 9.75. The lowest BCUT2D eigenvalue weighted by Crippen LogP contribution is -2.65.